The Kier molecular flexibility index (Phi) is 4.90. The van der Waals surface area contributed by atoms with Gasteiger partial charge in [0.25, 0.3) is 0 Å². The van der Waals surface area contributed by atoms with Gasteiger partial charge in [-0.3, -0.25) is 4.68 Å². The van der Waals surface area contributed by atoms with E-state index in [0.717, 1.165) is 11.3 Å². The molecule has 0 saturated heterocycles. The summed E-state index contributed by atoms with van der Waals surface area (Å²) in [4.78, 5) is 11.8. The van der Waals surface area contributed by atoms with Crippen LogP contribution in [-0.2, 0) is 29.7 Å². The molecule has 0 unspecified atom stereocenters. The number of rotatable bonds is 6. The molecule has 1 aromatic carbocycles. The Hall–Kier alpha value is -2.14. The number of esters is 1. The van der Waals surface area contributed by atoms with Crippen LogP contribution in [0.2, 0.25) is 0 Å². The molecular weight excluding hydrogens is 256 g/mol. The maximum atomic E-state index is 11.8. The molecule has 0 aliphatic rings. The van der Waals surface area contributed by atoms with E-state index in [9.17, 15) is 4.79 Å². The standard InChI is InChI=1S/C15H18N2O3/c1-3-20-15(18)13-9-16-17(2)14(13)11-19-10-12-7-5-4-6-8-12/h4-9H,3,10-11H2,1-2H3. The first-order valence-electron chi connectivity index (χ1n) is 6.52. The number of nitrogens with zero attached hydrogens (tertiary/aromatic N) is 2. The van der Waals surface area contributed by atoms with Gasteiger partial charge in [-0.15, -0.1) is 0 Å². The molecule has 0 radical (unpaired) electrons. The first-order chi connectivity index (χ1) is 9.72. The van der Waals surface area contributed by atoms with Gasteiger partial charge in [0, 0.05) is 7.05 Å². The highest BCUT2D eigenvalue weighted by molar-refractivity contribution is 5.90. The molecule has 2 rings (SSSR count). The molecule has 0 aliphatic carbocycles. The van der Waals surface area contributed by atoms with Gasteiger partial charge in [0.1, 0.15) is 5.56 Å². The van der Waals surface area contributed by atoms with E-state index in [4.69, 9.17) is 9.47 Å². The molecule has 5 heteroatoms. The number of benzene rings is 1. The fourth-order valence-corrected chi connectivity index (χ4v) is 1.85. The zero-order valence-electron chi connectivity index (χ0n) is 11.7. The van der Waals surface area contributed by atoms with Gasteiger partial charge in [0.15, 0.2) is 0 Å². The molecule has 0 fully saturated rings. The predicted octanol–water partition coefficient (Wildman–Crippen LogP) is 2.31. The Morgan fingerprint density at radius 3 is 2.70 bits per heavy atom. The molecule has 0 amide bonds. The SMILES string of the molecule is CCOC(=O)c1cnn(C)c1COCc1ccccc1. The van der Waals surface area contributed by atoms with Gasteiger partial charge in [-0.25, -0.2) is 4.79 Å². The maximum Gasteiger partial charge on any atom is 0.341 e. The van der Waals surface area contributed by atoms with Crippen LogP contribution >= 0.6 is 0 Å². The Balaban J connectivity index is 1.99. The van der Waals surface area contributed by atoms with E-state index in [1.807, 2.05) is 30.3 Å². The second kappa shape index (κ2) is 6.86. The Morgan fingerprint density at radius 1 is 1.25 bits per heavy atom. The molecule has 1 heterocycles. The van der Waals surface area contributed by atoms with Crippen LogP contribution in [0.15, 0.2) is 36.5 Å². The van der Waals surface area contributed by atoms with E-state index < -0.39 is 0 Å². The number of aryl methyl sites for hydroxylation is 1. The Bertz CT molecular complexity index is 564. The first-order valence-corrected chi connectivity index (χ1v) is 6.52. The van der Waals surface area contributed by atoms with Crippen LogP contribution in [0, 0.1) is 0 Å². The van der Waals surface area contributed by atoms with E-state index >= 15 is 0 Å². The number of carbonyl (C=O) groups excluding carboxylic acids is 1. The van der Waals surface area contributed by atoms with Crippen LogP contribution in [0.25, 0.3) is 0 Å². The minimum absolute atomic E-state index is 0.319. The number of hydrogen-bond donors (Lipinski definition) is 0. The van der Waals surface area contributed by atoms with Crippen LogP contribution in [0.1, 0.15) is 28.5 Å². The summed E-state index contributed by atoms with van der Waals surface area (Å²) < 4.78 is 12.3. The molecule has 1 aromatic heterocycles. The third kappa shape index (κ3) is 3.45. The zero-order valence-corrected chi connectivity index (χ0v) is 11.7. The van der Waals surface area contributed by atoms with Crippen molar-refractivity contribution in [3.63, 3.8) is 0 Å². The lowest BCUT2D eigenvalue weighted by atomic mass is 10.2. The van der Waals surface area contributed by atoms with Crippen LogP contribution in [0.5, 0.6) is 0 Å². The summed E-state index contributed by atoms with van der Waals surface area (Å²) in [6.07, 6.45) is 1.51. The highest BCUT2D eigenvalue weighted by Gasteiger charge is 2.17. The van der Waals surface area contributed by atoms with Crippen molar-refractivity contribution in [2.24, 2.45) is 7.05 Å². The Morgan fingerprint density at radius 2 is 2.00 bits per heavy atom. The summed E-state index contributed by atoms with van der Waals surface area (Å²) in [6.45, 7) is 2.94. The van der Waals surface area contributed by atoms with Crippen LogP contribution < -0.4 is 0 Å². The lowest BCUT2D eigenvalue weighted by molar-refractivity contribution is 0.0515. The fraction of sp³-hybridized carbons (Fsp3) is 0.333. The van der Waals surface area contributed by atoms with E-state index in [1.165, 1.54) is 6.20 Å². The third-order valence-electron chi connectivity index (χ3n) is 2.91. The van der Waals surface area contributed by atoms with Crippen molar-refractivity contribution in [1.29, 1.82) is 0 Å². The number of hydrogen-bond acceptors (Lipinski definition) is 4. The van der Waals surface area contributed by atoms with Crippen LogP contribution in [-0.4, -0.2) is 22.4 Å². The summed E-state index contributed by atoms with van der Waals surface area (Å²) in [5.74, 6) is -0.362. The van der Waals surface area contributed by atoms with Crippen molar-refractivity contribution in [3.05, 3.63) is 53.3 Å². The average Bonchev–Trinajstić information content (AvgIpc) is 2.82. The minimum Gasteiger partial charge on any atom is -0.462 e. The lowest BCUT2D eigenvalue weighted by Gasteiger charge is -2.07. The van der Waals surface area contributed by atoms with Crippen molar-refractivity contribution in [1.82, 2.24) is 9.78 Å². The van der Waals surface area contributed by atoms with Crippen molar-refractivity contribution >= 4 is 5.97 Å². The summed E-state index contributed by atoms with van der Waals surface area (Å²) in [7, 11) is 1.78. The van der Waals surface area contributed by atoms with Gasteiger partial charge < -0.3 is 9.47 Å². The Labute approximate surface area is 118 Å². The molecule has 0 bridgehead atoms. The summed E-state index contributed by atoms with van der Waals surface area (Å²) >= 11 is 0. The number of aromatic nitrogens is 2. The van der Waals surface area contributed by atoms with Gasteiger partial charge in [0.2, 0.25) is 0 Å². The van der Waals surface area contributed by atoms with Gasteiger partial charge >= 0.3 is 5.97 Å². The van der Waals surface area contributed by atoms with Gasteiger partial charge in [-0.2, -0.15) is 5.10 Å². The van der Waals surface area contributed by atoms with Crippen LogP contribution in [0.4, 0.5) is 0 Å². The van der Waals surface area contributed by atoms with Crippen LogP contribution in [0.3, 0.4) is 0 Å². The molecule has 0 spiro atoms. The largest absolute Gasteiger partial charge is 0.462 e. The second-order valence-corrected chi connectivity index (χ2v) is 4.33. The lowest BCUT2D eigenvalue weighted by Crippen LogP contribution is -2.10. The molecular formula is C15H18N2O3. The predicted molar refractivity (Wildman–Crippen MR) is 74.1 cm³/mol. The molecule has 0 N–H and O–H groups in total. The third-order valence-corrected chi connectivity index (χ3v) is 2.91. The first kappa shape index (κ1) is 14.3. The average molecular weight is 274 g/mol. The molecule has 0 atom stereocenters. The quantitative estimate of drug-likeness (QED) is 0.759. The van der Waals surface area contributed by atoms with E-state index in [1.54, 1.807) is 18.7 Å². The molecule has 5 nitrogen and oxygen atoms in total. The molecule has 20 heavy (non-hydrogen) atoms. The van der Waals surface area contributed by atoms with Gasteiger partial charge in [-0.05, 0) is 12.5 Å². The highest BCUT2D eigenvalue weighted by atomic mass is 16.5. The van der Waals surface area contributed by atoms with E-state index in [2.05, 4.69) is 5.10 Å². The monoisotopic (exact) mass is 274 g/mol. The van der Waals surface area contributed by atoms with Gasteiger partial charge in [0.05, 0.1) is 31.7 Å². The topological polar surface area (TPSA) is 53.3 Å². The molecule has 0 aliphatic heterocycles. The summed E-state index contributed by atoms with van der Waals surface area (Å²) in [6, 6.07) is 9.88. The van der Waals surface area contributed by atoms with E-state index in [0.29, 0.717) is 25.4 Å². The molecule has 0 saturated carbocycles. The zero-order chi connectivity index (χ0) is 14.4. The molecule has 106 valence electrons. The summed E-state index contributed by atoms with van der Waals surface area (Å²) in [5.41, 5.74) is 2.27. The summed E-state index contributed by atoms with van der Waals surface area (Å²) in [5, 5.41) is 4.08. The number of ether oxygens (including phenoxy) is 2. The second-order valence-electron chi connectivity index (χ2n) is 4.33. The van der Waals surface area contributed by atoms with Crippen molar-refractivity contribution in [2.45, 2.75) is 20.1 Å². The highest BCUT2D eigenvalue weighted by Crippen LogP contribution is 2.12. The van der Waals surface area contributed by atoms with Crippen molar-refractivity contribution < 1.29 is 14.3 Å². The fourth-order valence-electron chi connectivity index (χ4n) is 1.85. The minimum atomic E-state index is -0.362. The van der Waals surface area contributed by atoms with Crippen molar-refractivity contribution in [3.8, 4) is 0 Å². The van der Waals surface area contributed by atoms with Gasteiger partial charge in [-0.1, -0.05) is 30.3 Å². The molecule has 2 aromatic rings. The normalized spacial score (nSPS) is 10.5. The number of carbonyl (C=O) groups is 1. The van der Waals surface area contributed by atoms with E-state index in [-0.39, 0.29) is 5.97 Å². The maximum absolute atomic E-state index is 11.8. The van der Waals surface area contributed by atoms with Crippen molar-refractivity contribution in [2.75, 3.05) is 6.61 Å². The smallest absolute Gasteiger partial charge is 0.341 e.